The molecule has 23 heteroatoms. The van der Waals surface area contributed by atoms with E-state index in [1.165, 1.54) is 28.2 Å². The van der Waals surface area contributed by atoms with E-state index in [0.717, 1.165) is 6.33 Å². The number of primary amides is 1. The average Bonchev–Trinajstić information content (AvgIpc) is 3.61. The van der Waals surface area contributed by atoms with E-state index >= 15 is 0 Å². The molecule has 10 atom stereocenters. The Bertz CT molecular complexity index is 1560. The molecular formula is C21H28N7O14P2-. The maximum atomic E-state index is 12.4. The maximum Gasteiger partial charge on any atom is 0.478 e. The first-order chi connectivity index (χ1) is 20.7. The minimum absolute atomic E-state index is 0.0457. The van der Waals surface area contributed by atoms with Crippen molar-refractivity contribution in [1.82, 2.24) is 24.4 Å². The van der Waals surface area contributed by atoms with Crippen LogP contribution in [0.2, 0.25) is 0 Å². The fraction of sp³-hybridized carbons (Fsp3) is 0.524. The fourth-order valence-electron chi connectivity index (χ4n) is 4.67. The third-order valence-corrected chi connectivity index (χ3v) is 9.43. The number of hydrogen-bond donors (Lipinski definition) is 7. The maximum absolute atomic E-state index is 12.4. The van der Waals surface area contributed by atoms with Gasteiger partial charge in [0.25, 0.3) is 7.82 Å². The van der Waals surface area contributed by atoms with E-state index in [2.05, 4.69) is 28.3 Å². The van der Waals surface area contributed by atoms with Crippen molar-refractivity contribution >= 4 is 38.5 Å². The van der Waals surface area contributed by atoms with E-state index in [0.29, 0.717) is 0 Å². The SMILES string of the molecule is NC(=O)C1=CN([C@@H]2O[C@H](COP(=O)([O-])OP(=O)(O)OC[C@H]3O[C@@H](n4cnc5c(N)ncnc54)[C@H](O)[C@@H]3O)[C@@H](O)[C@H]2O)C=CC1. The molecule has 0 saturated carbocycles. The van der Waals surface area contributed by atoms with Crippen LogP contribution in [0, 0.1) is 0 Å². The number of hydrogen-bond acceptors (Lipinski definition) is 18. The molecule has 2 saturated heterocycles. The van der Waals surface area contributed by atoms with Crippen molar-refractivity contribution < 1.29 is 67.0 Å². The van der Waals surface area contributed by atoms with Gasteiger partial charge in [-0.15, -0.1) is 0 Å². The van der Waals surface area contributed by atoms with Crippen molar-refractivity contribution in [3.8, 4) is 0 Å². The predicted molar refractivity (Wildman–Crippen MR) is 140 cm³/mol. The molecule has 5 heterocycles. The molecule has 0 bridgehead atoms. The summed E-state index contributed by atoms with van der Waals surface area (Å²) in [6.45, 7) is -1.88. The second-order valence-electron chi connectivity index (χ2n) is 9.82. The number of imidazole rings is 1. The summed E-state index contributed by atoms with van der Waals surface area (Å²) in [5, 5.41) is 41.6. The largest absolute Gasteiger partial charge is 0.756 e. The summed E-state index contributed by atoms with van der Waals surface area (Å²) in [6, 6.07) is 0. The lowest BCUT2D eigenvalue weighted by atomic mass is 10.1. The topological polar surface area (TPSA) is 320 Å². The Morgan fingerprint density at radius 3 is 2.34 bits per heavy atom. The highest BCUT2D eigenvalue weighted by Crippen LogP contribution is 2.58. The lowest BCUT2D eigenvalue weighted by molar-refractivity contribution is -0.221. The minimum Gasteiger partial charge on any atom is -0.756 e. The number of phosphoric acid groups is 2. The Balaban J connectivity index is 1.15. The standard InChI is InChI=1S/C21H29N7O14P2/c22-17-12-19(25-7-24-17)28(8-26-12)21-16(32)14(30)11(41-21)6-39-44(36,37)42-43(34,35)38-5-10-13(29)15(31)20(40-10)27-3-1-2-9(4-27)18(23)33/h1,3-4,7-8,10-11,13-16,20-21,29-32H,2,5-6H2,(H2,23,33)(H,34,35)(H,36,37)(H2,22,24,25)/p-1/t10-,11-,13-,14-,15-,16-,20-,21-/m1/s1. The Morgan fingerprint density at radius 2 is 1.66 bits per heavy atom. The van der Waals surface area contributed by atoms with Gasteiger partial charge in [-0.25, -0.2) is 23.8 Å². The molecule has 3 aliphatic heterocycles. The molecule has 2 fully saturated rings. The molecule has 44 heavy (non-hydrogen) atoms. The number of allylic oxidation sites excluding steroid dienone is 1. The van der Waals surface area contributed by atoms with Crippen molar-refractivity contribution in [3.63, 3.8) is 0 Å². The Labute approximate surface area is 247 Å². The molecule has 9 N–H and O–H groups in total. The number of rotatable bonds is 11. The number of nitrogens with two attached hydrogens (primary N) is 2. The summed E-state index contributed by atoms with van der Waals surface area (Å²) in [5.41, 5.74) is 11.5. The third kappa shape index (κ3) is 6.70. The van der Waals surface area contributed by atoms with Crippen LogP contribution in [0.25, 0.3) is 11.2 Å². The summed E-state index contributed by atoms with van der Waals surface area (Å²) in [7, 11) is -11.0. The zero-order valence-corrected chi connectivity index (χ0v) is 24.1. The average molecular weight is 664 g/mol. The summed E-state index contributed by atoms with van der Waals surface area (Å²) in [6.07, 6.45) is -5.11. The lowest BCUT2D eigenvalue weighted by Crippen LogP contribution is -2.40. The number of carbonyl (C=O) groups excluding carboxylic acids is 1. The second kappa shape index (κ2) is 12.5. The summed E-state index contributed by atoms with van der Waals surface area (Å²) in [4.78, 5) is 46.8. The van der Waals surface area contributed by atoms with Gasteiger partial charge in [-0.1, -0.05) is 6.08 Å². The zero-order valence-electron chi connectivity index (χ0n) is 22.3. The van der Waals surface area contributed by atoms with Crippen LogP contribution < -0.4 is 16.4 Å². The van der Waals surface area contributed by atoms with Gasteiger partial charge in [0.15, 0.2) is 23.9 Å². The minimum atomic E-state index is -5.61. The molecule has 2 aromatic rings. The smallest absolute Gasteiger partial charge is 0.478 e. The number of fused-ring (bicyclic) bond motifs is 1. The molecule has 21 nitrogen and oxygen atoms in total. The lowest BCUT2D eigenvalue weighted by Gasteiger charge is -2.29. The van der Waals surface area contributed by atoms with Gasteiger partial charge in [-0.2, -0.15) is 0 Å². The van der Waals surface area contributed by atoms with Crippen LogP contribution in [0.1, 0.15) is 12.6 Å². The van der Waals surface area contributed by atoms with Crippen LogP contribution in [0.15, 0.2) is 36.7 Å². The Hall–Kier alpha value is -2.88. The first-order valence-electron chi connectivity index (χ1n) is 12.7. The van der Waals surface area contributed by atoms with E-state index in [1.807, 2.05) is 0 Å². The highest BCUT2D eigenvalue weighted by atomic mass is 31.3. The number of carbonyl (C=O) groups is 1. The van der Waals surface area contributed by atoms with Crippen LogP contribution in [0.5, 0.6) is 0 Å². The molecule has 0 aromatic carbocycles. The normalized spacial score (nSPS) is 33.3. The van der Waals surface area contributed by atoms with Crippen molar-refractivity contribution in [3.05, 3.63) is 36.7 Å². The molecule has 0 radical (unpaired) electrons. The monoisotopic (exact) mass is 664 g/mol. The van der Waals surface area contributed by atoms with Crippen molar-refractivity contribution in [2.24, 2.45) is 5.73 Å². The zero-order chi connectivity index (χ0) is 32.0. The van der Waals surface area contributed by atoms with Gasteiger partial charge in [0.2, 0.25) is 5.91 Å². The number of phosphoric ester groups is 2. The van der Waals surface area contributed by atoms with Gasteiger partial charge in [-0.3, -0.25) is 18.5 Å². The summed E-state index contributed by atoms with van der Waals surface area (Å²) < 4.78 is 50.4. The van der Waals surface area contributed by atoms with E-state index < -0.39 is 83.8 Å². The first-order valence-corrected chi connectivity index (χ1v) is 15.7. The molecule has 5 rings (SSSR count). The number of nitrogen functional groups attached to an aromatic ring is 1. The van der Waals surface area contributed by atoms with Gasteiger partial charge in [0.1, 0.15) is 48.5 Å². The van der Waals surface area contributed by atoms with Gasteiger partial charge in [0, 0.05) is 18.0 Å². The highest BCUT2D eigenvalue weighted by Gasteiger charge is 2.47. The van der Waals surface area contributed by atoms with E-state index in [-0.39, 0.29) is 29.0 Å². The van der Waals surface area contributed by atoms with Crippen molar-refractivity contribution in [1.29, 1.82) is 0 Å². The first kappa shape index (κ1) is 32.5. The van der Waals surface area contributed by atoms with Gasteiger partial charge in [0.05, 0.1) is 19.5 Å². The number of aliphatic hydroxyl groups is 4. The Morgan fingerprint density at radius 1 is 1.02 bits per heavy atom. The number of nitrogens with zero attached hydrogens (tertiary/aromatic N) is 5. The number of amides is 1. The number of aliphatic hydroxyl groups excluding tert-OH is 4. The number of anilines is 1. The molecule has 0 aliphatic carbocycles. The molecule has 242 valence electrons. The van der Waals surface area contributed by atoms with Crippen molar-refractivity contribution in [2.75, 3.05) is 18.9 Å². The van der Waals surface area contributed by atoms with E-state index in [4.69, 9.17) is 20.9 Å². The van der Waals surface area contributed by atoms with Crippen LogP contribution in [0.3, 0.4) is 0 Å². The summed E-state index contributed by atoms with van der Waals surface area (Å²) >= 11 is 0. The van der Waals surface area contributed by atoms with Crippen LogP contribution in [0.4, 0.5) is 5.82 Å². The summed E-state index contributed by atoms with van der Waals surface area (Å²) in [5.74, 6) is -0.672. The molecule has 3 aliphatic rings. The molecule has 2 aromatic heterocycles. The van der Waals surface area contributed by atoms with Gasteiger partial charge < -0.3 is 60.6 Å². The predicted octanol–water partition coefficient (Wildman–Crippen LogP) is -3.32. The van der Waals surface area contributed by atoms with Crippen LogP contribution in [-0.4, -0.2) is 112 Å². The number of aromatic nitrogens is 4. The molecule has 2 unspecified atom stereocenters. The van der Waals surface area contributed by atoms with Crippen LogP contribution >= 0.6 is 15.6 Å². The van der Waals surface area contributed by atoms with Crippen LogP contribution in [-0.2, 0) is 36.8 Å². The third-order valence-electron chi connectivity index (χ3n) is 6.87. The number of ether oxygens (including phenoxy) is 2. The highest BCUT2D eigenvalue weighted by molar-refractivity contribution is 7.60. The van der Waals surface area contributed by atoms with Gasteiger partial charge in [-0.05, 0) is 6.42 Å². The Kier molecular flexibility index (Phi) is 9.23. The van der Waals surface area contributed by atoms with Crippen molar-refractivity contribution in [2.45, 2.75) is 55.5 Å². The molecule has 1 amide bonds. The fourth-order valence-corrected chi connectivity index (χ4v) is 6.72. The van der Waals surface area contributed by atoms with E-state index in [1.54, 1.807) is 6.08 Å². The van der Waals surface area contributed by atoms with E-state index in [9.17, 15) is 44.1 Å². The quantitative estimate of drug-likeness (QED) is 0.116. The second-order valence-corrected chi connectivity index (χ2v) is 12.8. The molecule has 0 spiro atoms. The van der Waals surface area contributed by atoms with Gasteiger partial charge >= 0.3 is 7.82 Å². The molecular weight excluding hydrogens is 636 g/mol.